The van der Waals surface area contributed by atoms with Crippen LogP contribution in [0.4, 0.5) is 0 Å². The van der Waals surface area contributed by atoms with Crippen LogP contribution in [0.3, 0.4) is 0 Å². The molecule has 6 nitrogen and oxygen atoms in total. The minimum Gasteiger partial charge on any atom is -0.378 e. The lowest BCUT2D eigenvalue weighted by Crippen LogP contribution is -2.47. The van der Waals surface area contributed by atoms with E-state index < -0.39 is 0 Å². The standard InChI is InChI=1S/C23H32N2O4/c1-2-3-18-4-6-19(7-5-18)21(26)8-9-22(27)24-12-10-20(11-13-24)23(28)25-14-16-29-17-15-25/h4-7,20H,2-3,8-17H2,1H3. The zero-order chi connectivity index (χ0) is 20.6. The van der Waals surface area contributed by atoms with Gasteiger partial charge >= 0.3 is 0 Å². The number of Topliss-reactive ketones (excluding diaryl/α,β-unsaturated/α-hetero) is 1. The van der Waals surface area contributed by atoms with Crippen LogP contribution in [-0.2, 0) is 20.7 Å². The van der Waals surface area contributed by atoms with Crippen LogP contribution < -0.4 is 0 Å². The number of morpholine rings is 1. The van der Waals surface area contributed by atoms with E-state index in [9.17, 15) is 14.4 Å². The van der Waals surface area contributed by atoms with Crippen molar-refractivity contribution in [3.8, 4) is 0 Å². The van der Waals surface area contributed by atoms with Gasteiger partial charge in [0.2, 0.25) is 11.8 Å². The van der Waals surface area contributed by atoms with Gasteiger partial charge in [0.1, 0.15) is 0 Å². The van der Waals surface area contributed by atoms with Crippen LogP contribution in [0.1, 0.15) is 54.9 Å². The summed E-state index contributed by atoms with van der Waals surface area (Å²) < 4.78 is 5.31. The van der Waals surface area contributed by atoms with Crippen molar-refractivity contribution in [2.45, 2.75) is 45.4 Å². The molecule has 0 atom stereocenters. The molecule has 0 unspecified atom stereocenters. The molecule has 0 N–H and O–H groups in total. The Kier molecular flexibility index (Phi) is 7.81. The van der Waals surface area contributed by atoms with Gasteiger partial charge in [-0.25, -0.2) is 0 Å². The molecule has 0 spiro atoms. The lowest BCUT2D eigenvalue weighted by molar-refractivity contribution is -0.143. The second-order valence-corrected chi connectivity index (χ2v) is 7.96. The minimum absolute atomic E-state index is 0.000386. The van der Waals surface area contributed by atoms with Crippen LogP contribution in [0.15, 0.2) is 24.3 Å². The number of amides is 2. The van der Waals surface area contributed by atoms with Gasteiger partial charge in [0.05, 0.1) is 13.2 Å². The number of carbonyl (C=O) groups is 3. The molecule has 2 aliphatic rings. The van der Waals surface area contributed by atoms with Crippen molar-refractivity contribution in [1.29, 1.82) is 0 Å². The Morgan fingerprint density at radius 3 is 2.21 bits per heavy atom. The third-order valence-corrected chi connectivity index (χ3v) is 5.90. The normalized spacial score (nSPS) is 18.0. The molecule has 3 rings (SSSR count). The van der Waals surface area contributed by atoms with Gasteiger partial charge in [-0.3, -0.25) is 14.4 Å². The molecular weight excluding hydrogens is 368 g/mol. The maximum absolute atomic E-state index is 12.6. The van der Waals surface area contributed by atoms with Gasteiger partial charge in [0.25, 0.3) is 0 Å². The molecule has 0 radical (unpaired) electrons. The fourth-order valence-electron chi connectivity index (χ4n) is 4.09. The number of ketones is 1. The molecule has 158 valence electrons. The van der Waals surface area contributed by atoms with Crippen LogP contribution >= 0.6 is 0 Å². The van der Waals surface area contributed by atoms with Gasteiger partial charge in [0, 0.05) is 50.5 Å². The highest BCUT2D eigenvalue weighted by Gasteiger charge is 2.30. The molecule has 0 bridgehead atoms. The van der Waals surface area contributed by atoms with Crippen LogP contribution in [0, 0.1) is 5.92 Å². The zero-order valence-electron chi connectivity index (χ0n) is 17.4. The Balaban J connectivity index is 1.41. The number of rotatable bonds is 7. The van der Waals surface area contributed by atoms with Crippen molar-refractivity contribution < 1.29 is 19.1 Å². The Hall–Kier alpha value is -2.21. The first-order valence-electron chi connectivity index (χ1n) is 10.8. The molecule has 0 aliphatic carbocycles. The summed E-state index contributed by atoms with van der Waals surface area (Å²) in [4.78, 5) is 41.2. The fraction of sp³-hybridized carbons (Fsp3) is 0.609. The highest BCUT2D eigenvalue weighted by Crippen LogP contribution is 2.21. The highest BCUT2D eigenvalue weighted by atomic mass is 16.5. The van der Waals surface area contributed by atoms with Crippen molar-refractivity contribution in [1.82, 2.24) is 9.80 Å². The number of nitrogens with zero attached hydrogens (tertiary/aromatic N) is 2. The van der Waals surface area contributed by atoms with E-state index in [1.165, 1.54) is 5.56 Å². The smallest absolute Gasteiger partial charge is 0.225 e. The van der Waals surface area contributed by atoms with Gasteiger partial charge in [-0.15, -0.1) is 0 Å². The zero-order valence-corrected chi connectivity index (χ0v) is 17.4. The van der Waals surface area contributed by atoms with Crippen LogP contribution in [0.25, 0.3) is 0 Å². The Labute approximate surface area is 173 Å². The minimum atomic E-state index is 0.000386. The maximum Gasteiger partial charge on any atom is 0.225 e. The van der Waals surface area contributed by atoms with Crippen molar-refractivity contribution in [3.63, 3.8) is 0 Å². The van der Waals surface area contributed by atoms with Gasteiger partial charge in [-0.1, -0.05) is 37.6 Å². The number of piperidine rings is 1. The van der Waals surface area contributed by atoms with Crippen LogP contribution in [0.2, 0.25) is 0 Å². The first-order chi connectivity index (χ1) is 14.1. The van der Waals surface area contributed by atoms with E-state index in [-0.39, 0.29) is 36.4 Å². The third kappa shape index (κ3) is 5.89. The third-order valence-electron chi connectivity index (χ3n) is 5.90. The lowest BCUT2D eigenvalue weighted by atomic mass is 9.94. The van der Waals surface area contributed by atoms with Crippen LogP contribution in [-0.4, -0.2) is 66.8 Å². The van der Waals surface area contributed by atoms with E-state index in [2.05, 4.69) is 6.92 Å². The Morgan fingerprint density at radius 1 is 0.931 bits per heavy atom. The summed E-state index contributed by atoms with van der Waals surface area (Å²) in [5.74, 6) is 0.222. The average molecular weight is 401 g/mol. The first-order valence-corrected chi connectivity index (χ1v) is 10.8. The highest BCUT2D eigenvalue weighted by molar-refractivity contribution is 5.98. The van der Waals surface area contributed by atoms with E-state index in [1.54, 1.807) is 4.90 Å². The number of hydrogen-bond donors (Lipinski definition) is 0. The number of carbonyl (C=O) groups excluding carboxylic acids is 3. The van der Waals surface area contributed by atoms with E-state index in [1.807, 2.05) is 29.2 Å². The monoisotopic (exact) mass is 400 g/mol. The van der Waals surface area contributed by atoms with E-state index in [0.29, 0.717) is 57.8 Å². The Bertz CT molecular complexity index is 702. The molecule has 1 aromatic carbocycles. The summed E-state index contributed by atoms with van der Waals surface area (Å²) in [6.07, 6.45) is 3.97. The number of hydrogen-bond acceptors (Lipinski definition) is 4. The lowest BCUT2D eigenvalue weighted by Gasteiger charge is -2.35. The first kappa shape index (κ1) is 21.5. The van der Waals surface area contributed by atoms with Gasteiger partial charge in [-0.2, -0.15) is 0 Å². The number of benzene rings is 1. The average Bonchev–Trinajstić information content (AvgIpc) is 2.78. The van der Waals surface area contributed by atoms with Crippen molar-refractivity contribution in [3.05, 3.63) is 35.4 Å². The topological polar surface area (TPSA) is 66.9 Å². The molecular formula is C23H32N2O4. The largest absolute Gasteiger partial charge is 0.378 e. The van der Waals surface area contributed by atoms with Crippen molar-refractivity contribution >= 4 is 17.6 Å². The maximum atomic E-state index is 12.6. The summed E-state index contributed by atoms with van der Waals surface area (Å²) in [6, 6.07) is 7.71. The second kappa shape index (κ2) is 10.5. The van der Waals surface area contributed by atoms with Gasteiger partial charge in [0.15, 0.2) is 5.78 Å². The summed E-state index contributed by atoms with van der Waals surface area (Å²) >= 11 is 0. The molecule has 2 heterocycles. The number of ether oxygens (including phenoxy) is 1. The Morgan fingerprint density at radius 2 is 1.59 bits per heavy atom. The molecule has 0 saturated carbocycles. The summed E-state index contributed by atoms with van der Waals surface area (Å²) in [5, 5.41) is 0. The molecule has 2 saturated heterocycles. The summed E-state index contributed by atoms with van der Waals surface area (Å²) in [6.45, 7) is 5.88. The predicted octanol–water partition coefficient (Wildman–Crippen LogP) is 2.70. The summed E-state index contributed by atoms with van der Waals surface area (Å²) in [5.41, 5.74) is 1.90. The second-order valence-electron chi connectivity index (χ2n) is 7.96. The van der Waals surface area contributed by atoms with Crippen molar-refractivity contribution in [2.75, 3.05) is 39.4 Å². The quantitative estimate of drug-likeness (QED) is 0.660. The van der Waals surface area contributed by atoms with Crippen LogP contribution in [0.5, 0.6) is 0 Å². The molecule has 2 fully saturated rings. The van der Waals surface area contributed by atoms with Crippen molar-refractivity contribution in [2.24, 2.45) is 5.92 Å². The molecule has 0 aromatic heterocycles. The fourth-order valence-corrected chi connectivity index (χ4v) is 4.09. The molecule has 6 heteroatoms. The molecule has 2 amide bonds. The summed E-state index contributed by atoms with van der Waals surface area (Å²) in [7, 11) is 0. The van der Waals surface area contributed by atoms with Gasteiger partial charge in [-0.05, 0) is 24.8 Å². The molecule has 2 aliphatic heterocycles. The molecule has 1 aromatic rings. The van der Waals surface area contributed by atoms with E-state index in [4.69, 9.17) is 4.74 Å². The predicted molar refractivity (Wildman–Crippen MR) is 111 cm³/mol. The number of likely N-dealkylation sites (tertiary alicyclic amines) is 1. The SMILES string of the molecule is CCCc1ccc(C(=O)CCC(=O)N2CCC(C(=O)N3CCOCC3)CC2)cc1. The van der Waals surface area contributed by atoms with E-state index in [0.717, 1.165) is 12.8 Å². The van der Waals surface area contributed by atoms with Gasteiger partial charge < -0.3 is 14.5 Å². The molecule has 29 heavy (non-hydrogen) atoms. The number of aryl methyl sites for hydroxylation is 1. The van der Waals surface area contributed by atoms with E-state index >= 15 is 0 Å².